The fraction of sp³-hybridized carbons (Fsp3) is 0.273. The Morgan fingerprint density at radius 1 is 1.69 bits per heavy atom. The molecule has 1 aromatic rings. The zero-order valence-electron chi connectivity index (χ0n) is 7.80. The van der Waals surface area contributed by atoms with Crippen LogP contribution in [0, 0.1) is 11.9 Å². The van der Waals surface area contributed by atoms with Crippen LogP contribution in [0.1, 0.15) is 20.3 Å². The molecule has 13 heavy (non-hydrogen) atoms. The maximum atomic E-state index is 12.6. The lowest BCUT2D eigenvalue weighted by Crippen LogP contribution is -1.90. The molecule has 1 rings (SSSR count). The Labute approximate surface area is 77.8 Å². The Morgan fingerprint density at radius 3 is 3.08 bits per heavy atom. The zero-order valence-corrected chi connectivity index (χ0v) is 7.80. The number of hydrogen-bond donors (Lipinski definition) is 0. The lowest BCUT2D eigenvalue weighted by molar-refractivity contribution is 0.421. The first kappa shape index (κ1) is 9.78. The molecule has 1 aromatic carbocycles. The van der Waals surface area contributed by atoms with Gasteiger partial charge < -0.3 is 4.74 Å². The average Bonchev–Trinajstić information content (AvgIpc) is 2.04. The van der Waals surface area contributed by atoms with Crippen molar-refractivity contribution in [2.75, 3.05) is 0 Å². The van der Waals surface area contributed by atoms with E-state index in [1.165, 1.54) is 12.1 Å². The van der Waals surface area contributed by atoms with Crippen LogP contribution in [0.25, 0.3) is 0 Å². The summed E-state index contributed by atoms with van der Waals surface area (Å²) in [4.78, 5) is 0. The SMILES string of the molecule is CCC=C(C)Oc1cc[c]c(F)c1. The molecule has 0 N–H and O–H groups in total. The fourth-order valence-corrected chi connectivity index (χ4v) is 0.997. The molecule has 0 aliphatic rings. The molecule has 0 saturated carbocycles. The Balaban J connectivity index is 2.69. The van der Waals surface area contributed by atoms with E-state index in [1.54, 1.807) is 6.07 Å². The minimum absolute atomic E-state index is 0.401. The third-order valence-electron chi connectivity index (χ3n) is 1.51. The van der Waals surface area contributed by atoms with Gasteiger partial charge in [-0.1, -0.05) is 6.92 Å². The second-order valence-electron chi connectivity index (χ2n) is 2.70. The molecule has 0 spiro atoms. The van der Waals surface area contributed by atoms with Crippen LogP contribution in [0.3, 0.4) is 0 Å². The Morgan fingerprint density at radius 2 is 2.46 bits per heavy atom. The summed E-state index contributed by atoms with van der Waals surface area (Å²) >= 11 is 0. The van der Waals surface area contributed by atoms with Crippen molar-refractivity contribution in [3.05, 3.63) is 41.9 Å². The van der Waals surface area contributed by atoms with E-state index in [1.807, 2.05) is 19.9 Å². The quantitative estimate of drug-likeness (QED) is 0.647. The predicted octanol–water partition coefficient (Wildman–Crippen LogP) is 3.32. The van der Waals surface area contributed by atoms with E-state index in [0.717, 1.165) is 12.2 Å². The summed E-state index contributed by atoms with van der Waals surface area (Å²) in [6, 6.07) is 6.90. The monoisotopic (exact) mass is 179 g/mol. The van der Waals surface area contributed by atoms with Crippen molar-refractivity contribution in [2.45, 2.75) is 20.3 Å². The lowest BCUT2D eigenvalue weighted by Gasteiger charge is -2.04. The minimum Gasteiger partial charge on any atom is -0.462 e. The van der Waals surface area contributed by atoms with Crippen LogP contribution in [0.2, 0.25) is 0 Å². The molecule has 0 heterocycles. The second-order valence-corrected chi connectivity index (χ2v) is 2.70. The highest BCUT2D eigenvalue weighted by Crippen LogP contribution is 2.14. The average molecular weight is 179 g/mol. The first-order valence-corrected chi connectivity index (χ1v) is 4.24. The first-order chi connectivity index (χ1) is 6.22. The highest BCUT2D eigenvalue weighted by molar-refractivity contribution is 5.23. The smallest absolute Gasteiger partial charge is 0.134 e. The number of rotatable bonds is 3. The van der Waals surface area contributed by atoms with Crippen molar-refractivity contribution in [2.24, 2.45) is 0 Å². The molecule has 1 nitrogen and oxygen atoms in total. The summed E-state index contributed by atoms with van der Waals surface area (Å²) in [7, 11) is 0. The van der Waals surface area contributed by atoms with Crippen molar-refractivity contribution in [1.29, 1.82) is 0 Å². The second kappa shape index (κ2) is 4.65. The molecule has 0 atom stereocenters. The van der Waals surface area contributed by atoms with Crippen LogP contribution < -0.4 is 4.74 Å². The predicted molar refractivity (Wildman–Crippen MR) is 49.9 cm³/mol. The summed E-state index contributed by atoms with van der Waals surface area (Å²) in [6.07, 6.45) is 2.85. The molecule has 69 valence electrons. The van der Waals surface area contributed by atoms with Gasteiger partial charge in [0.2, 0.25) is 0 Å². The molecule has 0 amide bonds. The van der Waals surface area contributed by atoms with E-state index in [4.69, 9.17) is 4.74 Å². The maximum Gasteiger partial charge on any atom is 0.134 e. The summed E-state index contributed by atoms with van der Waals surface area (Å²) in [5, 5.41) is 0. The molecule has 0 aromatic heterocycles. The molecule has 1 radical (unpaired) electrons. The van der Waals surface area contributed by atoms with Gasteiger partial charge in [0, 0.05) is 12.1 Å². The molecule has 2 heteroatoms. The van der Waals surface area contributed by atoms with E-state index >= 15 is 0 Å². The van der Waals surface area contributed by atoms with Gasteiger partial charge in [0.05, 0.1) is 5.76 Å². The van der Waals surface area contributed by atoms with Crippen molar-refractivity contribution >= 4 is 0 Å². The molecule has 0 bridgehead atoms. The van der Waals surface area contributed by atoms with Crippen LogP contribution >= 0.6 is 0 Å². The third kappa shape index (κ3) is 3.28. The molecule has 0 aliphatic heterocycles. The summed E-state index contributed by atoms with van der Waals surface area (Å²) in [6.45, 7) is 3.87. The summed E-state index contributed by atoms with van der Waals surface area (Å²) < 4.78 is 18.0. The maximum absolute atomic E-state index is 12.6. The standard InChI is InChI=1S/C11H12FO/c1-3-5-9(2)13-11-7-4-6-10(12)8-11/h4-5,7-8H,3H2,1-2H3. The fourth-order valence-electron chi connectivity index (χ4n) is 0.997. The van der Waals surface area contributed by atoms with E-state index < -0.39 is 5.82 Å². The molecule has 0 fully saturated rings. The van der Waals surface area contributed by atoms with E-state index in [2.05, 4.69) is 6.07 Å². The molecule has 0 unspecified atom stereocenters. The lowest BCUT2D eigenvalue weighted by atomic mass is 10.3. The van der Waals surface area contributed by atoms with Crippen LogP contribution in [0.4, 0.5) is 4.39 Å². The Kier molecular flexibility index (Phi) is 3.50. The van der Waals surface area contributed by atoms with Crippen molar-refractivity contribution < 1.29 is 9.13 Å². The Hall–Kier alpha value is -1.31. The van der Waals surface area contributed by atoms with Gasteiger partial charge in [-0.3, -0.25) is 0 Å². The van der Waals surface area contributed by atoms with E-state index in [9.17, 15) is 4.39 Å². The van der Waals surface area contributed by atoms with Gasteiger partial charge in [-0.15, -0.1) is 0 Å². The van der Waals surface area contributed by atoms with Gasteiger partial charge in [0.1, 0.15) is 11.6 Å². The number of hydrogen-bond acceptors (Lipinski definition) is 1. The van der Waals surface area contributed by atoms with Crippen LogP contribution in [0.15, 0.2) is 30.0 Å². The van der Waals surface area contributed by atoms with Gasteiger partial charge in [0.15, 0.2) is 0 Å². The zero-order chi connectivity index (χ0) is 9.68. The largest absolute Gasteiger partial charge is 0.462 e. The molecular formula is C11H12FO. The third-order valence-corrected chi connectivity index (χ3v) is 1.51. The van der Waals surface area contributed by atoms with Gasteiger partial charge in [-0.25, -0.2) is 4.39 Å². The molecule has 0 aliphatic carbocycles. The van der Waals surface area contributed by atoms with Gasteiger partial charge >= 0.3 is 0 Å². The summed E-state index contributed by atoms with van der Waals surface area (Å²) in [5.74, 6) is 0.897. The van der Waals surface area contributed by atoms with E-state index in [-0.39, 0.29) is 0 Å². The number of benzene rings is 1. The molecular weight excluding hydrogens is 167 g/mol. The normalized spacial score (nSPS) is 11.5. The highest BCUT2D eigenvalue weighted by Gasteiger charge is 1.96. The number of allylic oxidation sites excluding steroid dienone is 2. The van der Waals surface area contributed by atoms with Crippen molar-refractivity contribution in [1.82, 2.24) is 0 Å². The highest BCUT2D eigenvalue weighted by atomic mass is 19.1. The van der Waals surface area contributed by atoms with Crippen LogP contribution in [-0.4, -0.2) is 0 Å². The minimum atomic E-state index is -0.401. The van der Waals surface area contributed by atoms with Gasteiger partial charge in [-0.2, -0.15) is 0 Å². The first-order valence-electron chi connectivity index (χ1n) is 4.24. The van der Waals surface area contributed by atoms with E-state index in [0.29, 0.717) is 5.75 Å². The number of ether oxygens (including phenoxy) is 1. The van der Waals surface area contributed by atoms with Crippen molar-refractivity contribution in [3.63, 3.8) is 0 Å². The van der Waals surface area contributed by atoms with Crippen LogP contribution in [-0.2, 0) is 0 Å². The van der Waals surface area contributed by atoms with Gasteiger partial charge in [0.25, 0.3) is 0 Å². The molecule has 0 saturated heterocycles. The summed E-state index contributed by atoms with van der Waals surface area (Å²) in [5.41, 5.74) is 0. The topological polar surface area (TPSA) is 9.23 Å². The van der Waals surface area contributed by atoms with Crippen LogP contribution in [0.5, 0.6) is 5.75 Å². The Bertz CT molecular complexity index is 305. The van der Waals surface area contributed by atoms with Gasteiger partial charge in [-0.05, 0) is 31.6 Å². The number of halogens is 1. The van der Waals surface area contributed by atoms with Crippen molar-refractivity contribution in [3.8, 4) is 5.75 Å².